The van der Waals surface area contributed by atoms with Crippen LogP contribution in [0.2, 0.25) is 0 Å². The van der Waals surface area contributed by atoms with Gasteiger partial charge < -0.3 is 4.74 Å². The fraction of sp³-hybridized carbons (Fsp3) is 0.333. The number of thiophene rings is 1. The van der Waals surface area contributed by atoms with Crippen LogP contribution in [0.3, 0.4) is 0 Å². The first-order valence-electron chi connectivity index (χ1n) is 7.81. The third-order valence-electron chi connectivity index (χ3n) is 4.01. The highest BCUT2D eigenvalue weighted by Gasteiger charge is 2.20. The Balaban J connectivity index is 1.65. The van der Waals surface area contributed by atoms with Crippen LogP contribution in [0.25, 0.3) is 0 Å². The van der Waals surface area contributed by atoms with Gasteiger partial charge in [-0.15, -0.1) is 11.3 Å². The minimum atomic E-state index is -0.833. The van der Waals surface area contributed by atoms with Crippen molar-refractivity contribution in [2.75, 3.05) is 6.61 Å². The molecule has 0 spiro atoms. The molecule has 0 radical (unpaired) electrons. The van der Waals surface area contributed by atoms with Crippen molar-refractivity contribution < 1.29 is 23.1 Å². The molecular weight excluding hydrogens is 334 g/mol. The van der Waals surface area contributed by atoms with E-state index in [0.717, 1.165) is 43.9 Å². The predicted molar refractivity (Wildman–Crippen MR) is 86.5 cm³/mol. The van der Waals surface area contributed by atoms with Crippen molar-refractivity contribution in [1.29, 1.82) is 0 Å². The summed E-state index contributed by atoms with van der Waals surface area (Å²) in [5.41, 5.74) is 0.761. The van der Waals surface area contributed by atoms with E-state index in [1.54, 1.807) is 0 Å². The smallest absolute Gasteiger partial charge is 0.348 e. The van der Waals surface area contributed by atoms with Gasteiger partial charge in [-0.2, -0.15) is 0 Å². The molecule has 0 atom stereocenters. The summed E-state index contributed by atoms with van der Waals surface area (Å²) in [6, 6.07) is 4.43. The molecule has 2 aromatic rings. The summed E-state index contributed by atoms with van der Waals surface area (Å²) in [5, 5.41) is 0. The number of hydrogen-bond donors (Lipinski definition) is 0. The Morgan fingerprint density at radius 3 is 2.71 bits per heavy atom. The Labute approximate surface area is 142 Å². The van der Waals surface area contributed by atoms with Gasteiger partial charge in [0.05, 0.1) is 5.56 Å². The number of esters is 1. The van der Waals surface area contributed by atoms with Gasteiger partial charge in [-0.1, -0.05) is 6.42 Å². The van der Waals surface area contributed by atoms with E-state index in [9.17, 15) is 18.4 Å². The lowest BCUT2D eigenvalue weighted by Crippen LogP contribution is -2.15. The van der Waals surface area contributed by atoms with E-state index in [1.165, 1.54) is 28.2 Å². The monoisotopic (exact) mass is 350 g/mol. The lowest BCUT2D eigenvalue weighted by molar-refractivity contribution is 0.0478. The zero-order chi connectivity index (χ0) is 17.1. The average Bonchev–Trinajstić information content (AvgIpc) is 2.85. The number of aryl methyl sites for hydroxylation is 2. The van der Waals surface area contributed by atoms with Crippen molar-refractivity contribution in [3.63, 3.8) is 0 Å². The first kappa shape index (κ1) is 16.8. The molecule has 0 amide bonds. The van der Waals surface area contributed by atoms with Crippen molar-refractivity contribution in [3.05, 3.63) is 56.8 Å². The fourth-order valence-corrected chi connectivity index (χ4v) is 3.91. The van der Waals surface area contributed by atoms with E-state index in [1.807, 2.05) is 6.07 Å². The van der Waals surface area contributed by atoms with Gasteiger partial charge in [-0.3, -0.25) is 4.79 Å². The molecule has 1 aromatic carbocycles. The minimum absolute atomic E-state index is 0.412. The van der Waals surface area contributed by atoms with Crippen LogP contribution in [0, 0.1) is 11.6 Å². The number of carbonyl (C=O) groups excluding carboxylic acids is 2. The number of benzene rings is 1. The quantitative estimate of drug-likeness (QED) is 0.468. The highest BCUT2D eigenvalue weighted by Crippen LogP contribution is 2.29. The number of rotatable bonds is 4. The van der Waals surface area contributed by atoms with E-state index < -0.39 is 35.6 Å². The van der Waals surface area contributed by atoms with Crippen LogP contribution >= 0.6 is 11.3 Å². The Morgan fingerprint density at radius 2 is 1.88 bits per heavy atom. The van der Waals surface area contributed by atoms with Crippen molar-refractivity contribution in [3.8, 4) is 0 Å². The number of halogens is 2. The average molecular weight is 350 g/mol. The van der Waals surface area contributed by atoms with Gasteiger partial charge in [-0.25, -0.2) is 13.6 Å². The second-order valence-corrected chi connectivity index (χ2v) is 6.88. The van der Waals surface area contributed by atoms with Crippen LogP contribution in [-0.2, 0) is 17.6 Å². The van der Waals surface area contributed by atoms with Crippen molar-refractivity contribution in [2.24, 2.45) is 0 Å². The van der Waals surface area contributed by atoms with Crippen LogP contribution < -0.4 is 0 Å². The summed E-state index contributed by atoms with van der Waals surface area (Å²) >= 11 is 1.39. The zero-order valence-electron chi connectivity index (χ0n) is 12.9. The molecule has 0 aliphatic heterocycles. The van der Waals surface area contributed by atoms with Crippen LogP contribution in [0.5, 0.6) is 0 Å². The lowest BCUT2D eigenvalue weighted by atomic mass is 10.1. The Hall–Kier alpha value is -2.08. The maximum absolute atomic E-state index is 13.5. The SMILES string of the molecule is O=C(OCC(=O)c1cc(F)ccc1F)c1cc2c(s1)CCCCC2. The molecule has 6 heteroatoms. The number of fused-ring (bicyclic) bond motifs is 1. The third-order valence-corrected chi connectivity index (χ3v) is 5.23. The van der Waals surface area contributed by atoms with Gasteiger partial charge in [0.25, 0.3) is 0 Å². The molecule has 1 aliphatic carbocycles. The Morgan fingerprint density at radius 1 is 1.08 bits per heavy atom. The number of ketones is 1. The lowest BCUT2D eigenvalue weighted by Gasteiger charge is -2.04. The number of Topliss-reactive ketones (excluding diaryl/α,β-unsaturated/α-hetero) is 1. The number of hydrogen-bond acceptors (Lipinski definition) is 4. The molecule has 0 saturated heterocycles. The van der Waals surface area contributed by atoms with Gasteiger partial charge in [0.2, 0.25) is 5.78 Å². The van der Waals surface area contributed by atoms with Crippen LogP contribution in [0.15, 0.2) is 24.3 Å². The van der Waals surface area contributed by atoms with Crippen molar-refractivity contribution >= 4 is 23.1 Å². The summed E-state index contributed by atoms with van der Waals surface area (Å²) in [7, 11) is 0. The summed E-state index contributed by atoms with van der Waals surface area (Å²) < 4.78 is 31.6. The fourth-order valence-electron chi connectivity index (χ4n) is 2.76. The molecule has 1 aromatic heterocycles. The van der Waals surface area contributed by atoms with Gasteiger partial charge in [-0.05, 0) is 55.5 Å². The van der Waals surface area contributed by atoms with E-state index in [0.29, 0.717) is 4.88 Å². The Bertz CT molecular complexity index is 759. The third kappa shape index (κ3) is 3.70. The summed E-state index contributed by atoms with van der Waals surface area (Å²) in [6.07, 6.45) is 5.32. The maximum atomic E-state index is 13.5. The summed E-state index contributed by atoms with van der Waals surface area (Å²) in [4.78, 5) is 25.7. The van der Waals surface area contributed by atoms with Gasteiger partial charge >= 0.3 is 5.97 Å². The van der Waals surface area contributed by atoms with E-state index in [4.69, 9.17) is 4.74 Å². The molecule has 0 saturated carbocycles. The molecule has 0 bridgehead atoms. The normalized spacial score (nSPS) is 13.9. The number of carbonyl (C=O) groups is 2. The molecule has 1 aliphatic rings. The molecule has 3 nitrogen and oxygen atoms in total. The minimum Gasteiger partial charge on any atom is -0.453 e. The summed E-state index contributed by atoms with van der Waals surface area (Å²) in [6.45, 7) is -0.609. The molecule has 0 unspecified atom stereocenters. The highest BCUT2D eigenvalue weighted by molar-refractivity contribution is 7.14. The topological polar surface area (TPSA) is 43.4 Å². The van der Waals surface area contributed by atoms with Crippen molar-refractivity contribution in [1.82, 2.24) is 0 Å². The molecule has 1 heterocycles. The van der Waals surface area contributed by atoms with Crippen molar-refractivity contribution in [2.45, 2.75) is 32.1 Å². The molecular formula is C18H16F2O3S. The first-order valence-corrected chi connectivity index (χ1v) is 8.63. The van der Waals surface area contributed by atoms with E-state index in [2.05, 4.69) is 0 Å². The highest BCUT2D eigenvalue weighted by atomic mass is 32.1. The molecule has 24 heavy (non-hydrogen) atoms. The van der Waals surface area contributed by atoms with Gasteiger partial charge in [0, 0.05) is 4.88 Å². The summed E-state index contributed by atoms with van der Waals surface area (Å²) in [5.74, 6) is -2.91. The maximum Gasteiger partial charge on any atom is 0.348 e. The van der Waals surface area contributed by atoms with Gasteiger partial charge in [0.15, 0.2) is 6.61 Å². The van der Waals surface area contributed by atoms with E-state index in [-0.39, 0.29) is 0 Å². The molecule has 3 rings (SSSR count). The molecule has 0 fully saturated rings. The second kappa shape index (κ2) is 7.21. The predicted octanol–water partition coefficient (Wildman–Crippen LogP) is 4.33. The largest absolute Gasteiger partial charge is 0.453 e. The van der Waals surface area contributed by atoms with Crippen LogP contribution in [-0.4, -0.2) is 18.4 Å². The Kier molecular flexibility index (Phi) is 5.04. The second-order valence-electron chi connectivity index (χ2n) is 5.74. The van der Waals surface area contributed by atoms with Gasteiger partial charge in [0.1, 0.15) is 16.5 Å². The molecule has 126 valence electrons. The first-order chi connectivity index (χ1) is 11.5. The van der Waals surface area contributed by atoms with E-state index >= 15 is 0 Å². The zero-order valence-corrected chi connectivity index (χ0v) is 13.8. The number of ether oxygens (including phenoxy) is 1. The standard InChI is InChI=1S/C18H16F2O3S/c19-12-6-7-14(20)13(9-12)15(21)10-23-18(22)17-8-11-4-2-1-3-5-16(11)24-17/h6-9H,1-5,10H2. The van der Waals surface area contributed by atoms with Crippen LogP contribution in [0.4, 0.5) is 8.78 Å². The molecule has 0 N–H and O–H groups in total. The van der Waals surface area contributed by atoms with Crippen LogP contribution in [0.1, 0.15) is 49.7 Å².